The van der Waals surface area contributed by atoms with Gasteiger partial charge in [0.1, 0.15) is 6.61 Å². The number of alkyl halides is 3. The maximum atomic E-state index is 13.3. The summed E-state index contributed by atoms with van der Waals surface area (Å²) >= 11 is 0. The highest BCUT2D eigenvalue weighted by Crippen LogP contribution is 2.33. The molecular formula is C25H20F3N5O5. The van der Waals surface area contributed by atoms with Crippen LogP contribution >= 0.6 is 0 Å². The Hall–Kier alpha value is -4.78. The Bertz CT molecular complexity index is 1470. The number of nitro benzene ring substituents is 1. The Balaban J connectivity index is 1.69. The Kier molecular flexibility index (Phi) is 7.67. The maximum Gasteiger partial charge on any atom is 0.416 e. The number of anilines is 1. The Morgan fingerprint density at radius 3 is 2.55 bits per heavy atom. The van der Waals surface area contributed by atoms with Crippen LogP contribution in [0.25, 0.3) is 17.1 Å². The van der Waals surface area contributed by atoms with E-state index in [1.165, 1.54) is 48.2 Å². The van der Waals surface area contributed by atoms with Crippen LogP contribution in [-0.2, 0) is 10.9 Å². The van der Waals surface area contributed by atoms with Crippen LogP contribution in [0.4, 0.5) is 24.5 Å². The van der Waals surface area contributed by atoms with Gasteiger partial charge in [-0.3, -0.25) is 14.9 Å². The summed E-state index contributed by atoms with van der Waals surface area (Å²) in [6.07, 6.45) is -4.56. The van der Waals surface area contributed by atoms with Gasteiger partial charge in [0, 0.05) is 36.1 Å². The van der Waals surface area contributed by atoms with Crippen molar-refractivity contribution in [3.63, 3.8) is 0 Å². The number of nitrogens with zero attached hydrogens (tertiary/aromatic N) is 4. The van der Waals surface area contributed by atoms with Crippen molar-refractivity contribution in [3.05, 3.63) is 94.0 Å². The Morgan fingerprint density at radius 1 is 1.05 bits per heavy atom. The molecule has 13 heteroatoms. The fraction of sp³-hybridized carbons (Fsp3) is 0.160. The molecule has 196 valence electrons. The molecule has 0 unspecified atom stereocenters. The van der Waals surface area contributed by atoms with Gasteiger partial charge in [0.2, 0.25) is 0 Å². The zero-order valence-corrected chi connectivity index (χ0v) is 19.8. The molecule has 1 N–H and O–H groups in total. The van der Waals surface area contributed by atoms with E-state index in [9.17, 15) is 28.1 Å². The van der Waals surface area contributed by atoms with Crippen molar-refractivity contribution in [1.29, 1.82) is 0 Å². The number of hydrogen-bond donors (Lipinski definition) is 1. The first kappa shape index (κ1) is 26.3. The number of non-ortho nitro benzene ring substituents is 1. The maximum absolute atomic E-state index is 13.3. The second kappa shape index (κ2) is 11.1. The number of halogens is 3. The molecule has 0 fully saturated rings. The highest BCUT2D eigenvalue weighted by molar-refractivity contribution is 6.04. The van der Waals surface area contributed by atoms with Gasteiger partial charge in [0.15, 0.2) is 5.82 Å². The third-order valence-electron chi connectivity index (χ3n) is 5.22. The van der Waals surface area contributed by atoms with Crippen molar-refractivity contribution in [3.8, 4) is 23.1 Å². The van der Waals surface area contributed by atoms with Crippen molar-refractivity contribution in [2.24, 2.45) is 0 Å². The molecule has 4 rings (SSSR count). The van der Waals surface area contributed by atoms with Crippen LogP contribution in [0.5, 0.6) is 6.01 Å². The second-order valence-electron chi connectivity index (χ2n) is 7.86. The fourth-order valence-electron chi connectivity index (χ4n) is 3.45. The molecule has 0 radical (unpaired) electrons. The van der Waals surface area contributed by atoms with Crippen molar-refractivity contribution < 1.29 is 32.4 Å². The fourth-order valence-corrected chi connectivity index (χ4v) is 3.45. The lowest BCUT2D eigenvalue weighted by Crippen LogP contribution is -2.12. The quantitative estimate of drug-likeness (QED) is 0.182. The normalized spacial score (nSPS) is 11.3. The van der Waals surface area contributed by atoms with Gasteiger partial charge >= 0.3 is 12.2 Å². The molecule has 1 amide bonds. The highest BCUT2D eigenvalue weighted by Gasteiger charge is 2.31. The van der Waals surface area contributed by atoms with Crippen LogP contribution in [0.3, 0.4) is 0 Å². The minimum absolute atomic E-state index is 0.0730. The summed E-state index contributed by atoms with van der Waals surface area (Å²) in [4.78, 5) is 27.4. The van der Waals surface area contributed by atoms with E-state index in [4.69, 9.17) is 9.47 Å². The minimum Gasteiger partial charge on any atom is -0.460 e. The number of rotatable bonds is 9. The van der Waals surface area contributed by atoms with E-state index in [0.717, 1.165) is 18.2 Å². The first-order valence-corrected chi connectivity index (χ1v) is 11.1. The van der Waals surface area contributed by atoms with Gasteiger partial charge in [-0.1, -0.05) is 24.3 Å². The molecule has 0 atom stereocenters. The zero-order chi connectivity index (χ0) is 27.3. The Morgan fingerprint density at radius 2 is 1.82 bits per heavy atom. The SMILES string of the molecule is COCCOc1nc(-c2cccc(C(F)(F)F)c2)n(-c2cccc(NC(=O)c3cccc([N+](=O)[O-])c3)c2)n1. The van der Waals surface area contributed by atoms with Crippen LogP contribution in [-0.4, -0.2) is 45.9 Å². The molecule has 0 aliphatic rings. The number of methoxy groups -OCH3 is 1. The third kappa shape index (κ3) is 6.13. The lowest BCUT2D eigenvalue weighted by molar-refractivity contribution is -0.384. The molecule has 4 aromatic rings. The molecule has 3 aromatic carbocycles. The Labute approximate surface area is 213 Å². The number of aromatic nitrogens is 3. The summed E-state index contributed by atoms with van der Waals surface area (Å²) in [6.45, 7) is 0.356. The van der Waals surface area contributed by atoms with E-state index in [1.807, 2.05) is 0 Å². The van der Waals surface area contributed by atoms with E-state index < -0.39 is 22.6 Å². The molecule has 1 aromatic heterocycles. The van der Waals surface area contributed by atoms with Gasteiger partial charge in [-0.2, -0.15) is 18.2 Å². The molecule has 0 spiro atoms. The van der Waals surface area contributed by atoms with Crippen LogP contribution in [0, 0.1) is 10.1 Å². The number of hydrogen-bond acceptors (Lipinski definition) is 7. The van der Waals surface area contributed by atoms with Crippen molar-refractivity contribution in [2.75, 3.05) is 25.6 Å². The molecule has 0 saturated carbocycles. The predicted octanol–water partition coefficient (Wildman–Crippen LogP) is 5.14. The summed E-state index contributed by atoms with van der Waals surface area (Å²) in [6, 6.07) is 16.1. The van der Waals surface area contributed by atoms with E-state index in [-0.39, 0.29) is 41.9 Å². The van der Waals surface area contributed by atoms with E-state index >= 15 is 0 Å². The highest BCUT2D eigenvalue weighted by atomic mass is 19.4. The molecule has 0 bridgehead atoms. The summed E-state index contributed by atoms with van der Waals surface area (Å²) in [5.74, 6) is -0.517. The summed E-state index contributed by atoms with van der Waals surface area (Å²) in [5, 5.41) is 18.0. The topological polar surface area (TPSA) is 121 Å². The predicted molar refractivity (Wildman–Crippen MR) is 130 cm³/mol. The molecule has 0 aliphatic heterocycles. The van der Waals surface area contributed by atoms with E-state index in [1.54, 1.807) is 18.2 Å². The van der Waals surface area contributed by atoms with Crippen LogP contribution in [0.2, 0.25) is 0 Å². The van der Waals surface area contributed by atoms with Gasteiger partial charge in [0.25, 0.3) is 11.6 Å². The van der Waals surface area contributed by atoms with Gasteiger partial charge in [-0.15, -0.1) is 5.10 Å². The standard InChI is InChI=1S/C25H20F3N5O5/c1-37-11-12-38-24-30-22(16-5-2-7-18(13-16)25(26,27)28)32(31-24)20-9-4-8-19(15-20)29-23(34)17-6-3-10-21(14-17)33(35)36/h2-10,13-15H,11-12H2,1H3,(H,29,34). The second-order valence-corrected chi connectivity index (χ2v) is 7.86. The summed E-state index contributed by atoms with van der Waals surface area (Å²) in [7, 11) is 1.48. The van der Waals surface area contributed by atoms with Crippen molar-refractivity contribution in [2.45, 2.75) is 6.18 Å². The third-order valence-corrected chi connectivity index (χ3v) is 5.22. The molecule has 10 nitrogen and oxygen atoms in total. The lowest BCUT2D eigenvalue weighted by Gasteiger charge is -2.11. The van der Waals surface area contributed by atoms with Gasteiger partial charge in [0.05, 0.1) is 22.8 Å². The van der Waals surface area contributed by atoms with E-state index in [0.29, 0.717) is 11.4 Å². The molecule has 38 heavy (non-hydrogen) atoms. The zero-order valence-electron chi connectivity index (χ0n) is 19.8. The minimum atomic E-state index is -4.56. The number of benzene rings is 3. The molecule has 0 saturated heterocycles. The average Bonchev–Trinajstić information content (AvgIpc) is 3.33. The smallest absolute Gasteiger partial charge is 0.416 e. The monoisotopic (exact) mass is 527 g/mol. The van der Waals surface area contributed by atoms with Crippen molar-refractivity contribution >= 4 is 17.3 Å². The van der Waals surface area contributed by atoms with Crippen molar-refractivity contribution in [1.82, 2.24) is 14.8 Å². The van der Waals surface area contributed by atoms with Gasteiger partial charge < -0.3 is 14.8 Å². The molecule has 0 aliphatic carbocycles. The van der Waals surface area contributed by atoms with Crippen LogP contribution < -0.4 is 10.1 Å². The number of nitrogens with one attached hydrogen (secondary N) is 1. The number of amides is 1. The lowest BCUT2D eigenvalue weighted by atomic mass is 10.1. The molecule has 1 heterocycles. The number of carbonyl (C=O) groups is 1. The van der Waals surface area contributed by atoms with Gasteiger partial charge in [-0.25, -0.2) is 4.68 Å². The summed E-state index contributed by atoms with van der Waals surface area (Å²) in [5.41, 5.74) is -0.205. The number of carbonyl (C=O) groups excluding carboxylic acids is 1. The van der Waals surface area contributed by atoms with Gasteiger partial charge in [-0.05, 0) is 36.4 Å². The largest absolute Gasteiger partial charge is 0.460 e. The first-order valence-electron chi connectivity index (χ1n) is 11.1. The molecular weight excluding hydrogens is 507 g/mol. The van der Waals surface area contributed by atoms with Crippen LogP contribution in [0.1, 0.15) is 15.9 Å². The average molecular weight is 527 g/mol. The first-order chi connectivity index (χ1) is 18.2. The number of ether oxygens (including phenoxy) is 2. The van der Waals surface area contributed by atoms with E-state index in [2.05, 4.69) is 15.4 Å². The summed E-state index contributed by atoms with van der Waals surface area (Å²) < 4.78 is 51.7. The number of nitro groups is 1. The van der Waals surface area contributed by atoms with Crippen LogP contribution in [0.15, 0.2) is 72.8 Å².